The molecule has 2 N–H and O–H groups in total. The summed E-state index contributed by atoms with van der Waals surface area (Å²) < 4.78 is 66.2. The molecule has 32 heavy (non-hydrogen) atoms. The number of halogens is 6. The Bertz CT molecular complexity index is 1200. The van der Waals surface area contributed by atoms with E-state index in [9.17, 15) is 31.5 Å². The Morgan fingerprint density at radius 2 is 1.91 bits per heavy atom. The Morgan fingerprint density at radius 1 is 1.16 bits per heavy atom. The lowest BCUT2D eigenvalue weighted by atomic mass is 10.1. The Morgan fingerprint density at radius 3 is 2.53 bits per heavy atom. The minimum absolute atomic E-state index is 0.370. The summed E-state index contributed by atoms with van der Waals surface area (Å²) in [6.45, 7) is 0. The topological polar surface area (TPSA) is 83.5 Å². The van der Waals surface area contributed by atoms with E-state index < -0.39 is 57.2 Å². The highest BCUT2D eigenvalue weighted by Gasteiger charge is 2.32. The maximum Gasteiger partial charge on any atom is 0.417 e. The van der Waals surface area contributed by atoms with Gasteiger partial charge in [0.2, 0.25) is 0 Å². The highest BCUT2D eigenvalue weighted by molar-refractivity contribution is 7.11. The molecule has 0 bridgehead atoms. The van der Waals surface area contributed by atoms with Crippen molar-refractivity contribution in [2.45, 2.75) is 6.18 Å². The summed E-state index contributed by atoms with van der Waals surface area (Å²) in [6, 6.07) is 4.97. The summed E-state index contributed by atoms with van der Waals surface area (Å²) in [7, 11) is 0. The van der Waals surface area contributed by atoms with Crippen molar-refractivity contribution in [3.8, 4) is 0 Å². The summed E-state index contributed by atoms with van der Waals surface area (Å²) in [5.41, 5.74) is -1.15. The maximum atomic E-state index is 14.3. The number of aromatic nitrogens is 1. The normalized spacial score (nSPS) is 11.6. The van der Waals surface area contributed by atoms with E-state index in [4.69, 9.17) is 11.6 Å². The molecule has 1 aromatic carbocycles. The van der Waals surface area contributed by atoms with Crippen LogP contribution in [0.4, 0.5) is 27.6 Å². The predicted molar refractivity (Wildman–Crippen MR) is 108 cm³/mol. The first-order valence-corrected chi connectivity index (χ1v) is 9.72. The summed E-state index contributed by atoms with van der Waals surface area (Å²) >= 11 is 7.03. The van der Waals surface area contributed by atoms with Crippen LogP contribution in [0, 0.1) is 11.6 Å². The zero-order valence-electron chi connectivity index (χ0n) is 15.5. The number of thiophene rings is 1. The van der Waals surface area contributed by atoms with Gasteiger partial charge in [0, 0.05) is 17.1 Å². The number of alkyl halides is 3. The second kappa shape index (κ2) is 9.40. The van der Waals surface area contributed by atoms with Gasteiger partial charge in [-0.3, -0.25) is 9.59 Å². The van der Waals surface area contributed by atoms with Gasteiger partial charge in [0.05, 0.1) is 28.1 Å². The van der Waals surface area contributed by atoms with Gasteiger partial charge < -0.3 is 5.32 Å². The van der Waals surface area contributed by atoms with Crippen LogP contribution in [0.1, 0.15) is 31.3 Å². The zero-order valence-corrected chi connectivity index (χ0v) is 17.1. The van der Waals surface area contributed by atoms with Gasteiger partial charge in [0.1, 0.15) is 17.3 Å². The minimum atomic E-state index is -4.75. The van der Waals surface area contributed by atoms with E-state index >= 15 is 0 Å². The van der Waals surface area contributed by atoms with Crippen molar-refractivity contribution in [2.24, 2.45) is 5.10 Å². The van der Waals surface area contributed by atoms with Gasteiger partial charge in [-0.1, -0.05) is 17.7 Å². The largest absolute Gasteiger partial charge is 0.417 e. The first-order valence-electron chi connectivity index (χ1n) is 8.46. The number of pyridine rings is 1. The molecule has 0 saturated heterocycles. The molecule has 13 heteroatoms. The van der Waals surface area contributed by atoms with Crippen LogP contribution >= 0.6 is 22.9 Å². The number of hydrazone groups is 1. The number of carbonyl (C=O) groups is 2. The number of carbonyl (C=O) groups excluding carboxylic acids is 2. The fourth-order valence-electron chi connectivity index (χ4n) is 2.39. The van der Waals surface area contributed by atoms with E-state index in [1.165, 1.54) is 17.6 Å². The second-order valence-electron chi connectivity index (χ2n) is 6.03. The molecular formula is C19H10ClF5N4O2S. The number of hydrogen-bond donors (Lipinski definition) is 2. The highest BCUT2D eigenvalue weighted by Crippen LogP contribution is 2.31. The molecule has 0 aliphatic carbocycles. The second-order valence-corrected chi connectivity index (χ2v) is 7.42. The van der Waals surface area contributed by atoms with Crippen LogP contribution in [-0.4, -0.2) is 23.0 Å². The van der Waals surface area contributed by atoms with E-state index in [0.717, 1.165) is 0 Å². The van der Waals surface area contributed by atoms with Crippen molar-refractivity contribution < 1.29 is 31.5 Å². The maximum absolute atomic E-state index is 14.3. The first kappa shape index (κ1) is 23.3. The average molecular weight is 489 g/mol. The van der Waals surface area contributed by atoms with Gasteiger partial charge in [-0.15, -0.1) is 11.3 Å². The van der Waals surface area contributed by atoms with Crippen LogP contribution in [0.5, 0.6) is 0 Å². The molecule has 0 unspecified atom stereocenters. The summed E-state index contributed by atoms with van der Waals surface area (Å²) in [4.78, 5) is 28.8. The third-order valence-corrected chi connectivity index (χ3v) is 4.92. The zero-order chi connectivity index (χ0) is 23.5. The molecule has 0 atom stereocenters. The molecule has 2 amide bonds. The van der Waals surface area contributed by atoms with Gasteiger partial charge in [-0.05, 0) is 23.6 Å². The number of rotatable bonds is 5. The Labute approximate surface area is 185 Å². The first-order chi connectivity index (χ1) is 15.1. The number of benzene rings is 1. The van der Waals surface area contributed by atoms with Crippen LogP contribution in [0.2, 0.25) is 5.02 Å². The lowest BCUT2D eigenvalue weighted by Gasteiger charge is -2.13. The quantitative estimate of drug-likeness (QED) is 0.297. The smallest absolute Gasteiger partial charge is 0.317 e. The Kier molecular flexibility index (Phi) is 6.84. The van der Waals surface area contributed by atoms with Crippen molar-refractivity contribution in [1.29, 1.82) is 0 Å². The van der Waals surface area contributed by atoms with Crippen molar-refractivity contribution in [2.75, 3.05) is 5.32 Å². The van der Waals surface area contributed by atoms with Crippen LogP contribution in [0.25, 0.3) is 0 Å². The van der Waals surface area contributed by atoms with Crippen LogP contribution in [0.3, 0.4) is 0 Å². The molecule has 166 valence electrons. The van der Waals surface area contributed by atoms with Gasteiger partial charge in [-0.2, -0.15) is 18.3 Å². The van der Waals surface area contributed by atoms with Crippen LogP contribution in [0.15, 0.2) is 47.0 Å². The van der Waals surface area contributed by atoms with Gasteiger partial charge in [-0.25, -0.2) is 19.2 Å². The summed E-state index contributed by atoms with van der Waals surface area (Å²) in [6.07, 6.45) is -3.08. The molecule has 2 aromatic heterocycles. The van der Waals surface area contributed by atoms with E-state index in [-0.39, 0.29) is 0 Å². The van der Waals surface area contributed by atoms with E-state index in [2.05, 4.69) is 15.5 Å². The molecule has 0 aliphatic rings. The molecule has 0 aliphatic heterocycles. The SMILES string of the molecule is O=C(NN=Cc1cccs1)c1cc(F)cc(F)c1NC(=O)c1ncc(C(F)(F)F)cc1Cl. The fourth-order valence-corrected chi connectivity index (χ4v) is 3.23. The van der Waals surface area contributed by atoms with E-state index in [1.54, 1.807) is 17.5 Å². The van der Waals surface area contributed by atoms with Crippen molar-refractivity contribution in [1.82, 2.24) is 10.4 Å². The number of anilines is 1. The third-order valence-electron chi connectivity index (χ3n) is 3.82. The molecule has 0 saturated carbocycles. The van der Waals surface area contributed by atoms with Crippen molar-refractivity contribution in [3.63, 3.8) is 0 Å². The minimum Gasteiger partial charge on any atom is -0.317 e. The fraction of sp³-hybridized carbons (Fsp3) is 0.0526. The monoisotopic (exact) mass is 488 g/mol. The molecule has 0 fully saturated rings. The Hall–Kier alpha value is -3.38. The number of nitrogens with zero attached hydrogens (tertiary/aromatic N) is 2. The number of hydrogen-bond acceptors (Lipinski definition) is 5. The Balaban J connectivity index is 1.86. The summed E-state index contributed by atoms with van der Waals surface area (Å²) in [5.74, 6) is -4.70. The molecule has 2 heterocycles. The van der Waals surface area contributed by atoms with Gasteiger partial charge in [0.25, 0.3) is 11.8 Å². The molecule has 3 rings (SSSR count). The van der Waals surface area contributed by atoms with Crippen molar-refractivity contribution >= 4 is 46.7 Å². The van der Waals surface area contributed by atoms with Crippen LogP contribution < -0.4 is 10.7 Å². The van der Waals surface area contributed by atoms with Crippen molar-refractivity contribution in [3.05, 3.63) is 80.3 Å². The average Bonchev–Trinajstić information content (AvgIpc) is 3.22. The van der Waals surface area contributed by atoms with Gasteiger partial charge >= 0.3 is 6.18 Å². The molecule has 0 spiro atoms. The van der Waals surface area contributed by atoms with E-state index in [1.807, 2.05) is 5.32 Å². The molecular weight excluding hydrogens is 479 g/mol. The third kappa shape index (κ3) is 5.45. The predicted octanol–water partition coefficient (Wildman–Crippen LogP) is 5.11. The molecule has 6 nitrogen and oxygen atoms in total. The number of nitrogens with one attached hydrogen (secondary N) is 2. The van der Waals surface area contributed by atoms with Crippen LogP contribution in [-0.2, 0) is 6.18 Å². The van der Waals surface area contributed by atoms with E-state index in [0.29, 0.717) is 29.3 Å². The summed E-state index contributed by atoms with van der Waals surface area (Å²) in [5, 5.41) is 6.75. The molecule has 0 radical (unpaired) electrons. The highest BCUT2D eigenvalue weighted by atomic mass is 35.5. The number of amides is 2. The molecule has 3 aromatic rings. The lowest BCUT2D eigenvalue weighted by molar-refractivity contribution is -0.137. The standard InChI is InChI=1S/C19H10ClF5N4O2S/c20-13-4-9(19(23,24)25)7-26-16(13)18(31)28-15-12(5-10(21)6-14(15)22)17(30)29-27-8-11-2-1-3-32-11/h1-8H,(H,28,31)(H,29,30). The van der Waals surface area contributed by atoms with Gasteiger partial charge in [0.15, 0.2) is 0 Å². The lowest BCUT2D eigenvalue weighted by Crippen LogP contribution is -2.23.